The minimum Gasteiger partial charge on any atom is -0.389 e. The van der Waals surface area contributed by atoms with Crippen molar-refractivity contribution in [2.45, 2.75) is 39.2 Å². The summed E-state index contributed by atoms with van der Waals surface area (Å²) in [6, 6.07) is 5.47. The van der Waals surface area contributed by atoms with E-state index >= 15 is 0 Å². The van der Waals surface area contributed by atoms with Crippen molar-refractivity contribution in [3.05, 3.63) is 35.6 Å². The van der Waals surface area contributed by atoms with E-state index in [1.165, 1.54) is 24.3 Å². The van der Waals surface area contributed by atoms with Crippen molar-refractivity contribution in [1.82, 2.24) is 9.80 Å². The average Bonchev–Trinajstić information content (AvgIpc) is 2.58. The van der Waals surface area contributed by atoms with Crippen molar-refractivity contribution in [2.24, 2.45) is 5.92 Å². The van der Waals surface area contributed by atoms with Crippen molar-refractivity contribution in [2.75, 3.05) is 26.2 Å². The predicted molar refractivity (Wildman–Crippen MR) is 93.6 cm³/mol. The summed E-state index contributed by atoms with van der Waals surface area (Å²) in [5, 5.41) is 9.99. The van der Waals surface area contributed by atoms with Crippen LogP contribution < -0.4 is 0 Å². The number of nitrogens with zero attached hydrogens (tertiary/aromatic N) is 2. The fraction of sp³-hybridized carbons (Fsp3) is 0.579. The zero-order valence-electron chi connectivity index (χ0n) is 15.2. The summed E-state index contributed by atoms with van der Waals surface area (Å²) in [5.74, 6) is -0.849. The molecule has 1 aromatic rings. The number of hydrogen-bond donors (Lipinski definition) is 1. The fourth-order valence-electron chi connectivity index (χ4n) is 3.21. The molecular weight excluding hydrogens is 323 g/mol. The summed E-state index contributed by atoms with van der Waals surface area (Å²) in [6.45, 7) is 6.97. The second-order valence-electron chi connectivity index (χ2n) is 7.26. The second-order valence-corrected chi connectivity index (χ2v) is 7.26. The lowest BCUT2D eigenvalue weighted by atomic mass is 9.95. The van der Waals surface area contributed by atoms with Crippen molar-refractivity contribution in [3.63, 3.8) is 0 Å². The van der Waals surface area contributed by atoms with Gasteiger partial charge in [-0.15, -0.1) is 0 Å². The molecule has 1 unspecified atom stereocenters. The smallest absolute Gasteiger partial charge is 0.253 e. The third-order valence-corrected chi connectivity index (χ3v) is 4.42. The quantitative estimate of drug-likeness (QED) is 0.886. The summed E-state index contributed by atoms with van der Waals surface area (Å²) in [5.41, 5.74) is -0.525. The topological polar surface area (TPSA) is 60.9 Å². The van der Waals surface area contributed by atoms with Crippen LogP contribution in [0.2, 0.25) is 0 Å². The molecule has 0 saturated carbocycles. The first-order valence-electron chi connectivity index (χ1n) is 8.77. The molecule has 6 heteroatoms. The SMILES string of the molecule is CCN(CC(C)(C)O)C(=O)C1CCCN(C(=O)c2ccc(F)cc2)C1. The van der Waals surface area contributed by atoms with Crippen LogP contribution in [0.4, 0.5) is 4.39 Å². The monoisotopic (exact) mass is 350 g/mol. The van der Waals surface area contributed by atoms with Gasteiger partial charge in [-0.05, 0) is 57.9 Å². The number of amides is 2. The minimum atomic E-state index is -0.954. The molecule has 1 aliphatic heterocycles. The number of carbonyl (C=O) groups is 2. The highest BCUT2D eigenvalue weighted by Gasteiger charge is 2.32. The van der Waals surface area contributed by atoms with E-state index in [9.17, 15) is 19.1 Å². The lowest BCUT2D eigenvalue weighted by Gasteiger charge is -2.36. The van der Waals surface area contributed by atoms with Gasteiger partial charge < -0.3 is 14.9 Å². The Morgan fingerprint density at radius 3 is 2.52 bits per heavy atom. The Bertz CT molecular complexity index is 610. The van der Waals surface area contributed by atoms with Gasteiger partial charge >= 0.3 is 0 Å². The lowest BCUT2D eigenvalue weighted by Crippen LogP contribution is -2.49. The van der Waals surface area contributed by atoms with Gasteiger partial charge in [0.25, 0.3) is 5.91 Å². The number of piperidine rings is 1. The lowest BCUT2D eigenvalue weighted by molar-refractivity contribution is -0.139. The van der Waals surface area contributed by atoms with Gasteiger partial charge in [0.15, 0.2) is 0 Å². The van der Waals surface area contributed by atoms with Gasteiger partial charge in [0.05, 0.1) is 11.5 Å². The van der Waals surface area contributed by atoms with Crippen molar-refractivity contribution < 1.29 is 19.1 Å². The van der Waals surface area contributed by atoms with E-state index in [2.05, 4.69) is 0 Å². The molecule has 25 heavy (non-hydrogen) atoms. The van der Waals surface area contributed by atoms with E-state index < -0.39 is 5.60 Å². The number of halogens is 1. The Morgan fingerprint density at radius 2 is 1.96 bits per heavy atom. The first-order valence-corrected chi connectivity index (χ1v) is 8.77. The van der Waals surface area contributed by atoms with E-state index in [1.54, 1.807) is 23.6 Å². The van der Waals surface area contributed by atoms with Crippen LogP contribution in [0.15, 0.2) is 24.3 Å². The number of carbonyl (C=O) groups excluding carboxylic acids is 2. The van der Waals surface area contributed by atoms with Gasteiger partial charge in [-0.2, -0.15) is 0 Å². The van der Waals surface area contributed by atoms with E-state index in [0.29, 0.717) is 25.2 Å². The molecule has 2 amide bonds. The Balaban J connectivity index is 2.05. The highest BCUT2D eigenvalue weighted by Crippen LogP contribution is 2.22. The zero-order chi connectivity index (χ0) is 18.6. The largest absolute Gasteiger partial charge is 0.389 e. The fourth-order valence-corrected chi connectivity index (χ4v) is 3.21. The number of likely N-dealkylation sites (tertiary alicyclic amines) is 1. The molecule has 0 aliphatic carbocycles. The van der Waals surface area contributed by atoms with Gasteiger partial charge in [0.1, 0.15) is 5.82 Å². The normalized spacial score (nSPS) is 18.1. The van der Waals surface area contributed by atoms with Crippen LogP contribution in [-0.2, 0) is 4.79 Å². The number of hydrogen-bond acceptors (Lipinski definition) is 3. The summed E-state index contributed by atoms with van der Waals surface area (Å²) < 4.78 is 13.0. The molecule has 0 bridgehead atoms. The van der Waals surface area contributed by atoms with Crippen molar-refractivity contribution in [3.8, 4) is 0 Å². The van der Waals surface area contributed by atoms with Crippen LogP contribution in [0.5, 0.6) is 0 Å². The highest BCUT2D eigenvalue weighted by molar-refractivity contribution is 5.94. The van der Waals surface area contributed by atoms with Crippen LogP contribution in [0.3, 0.4) is 0 Å². The molecule has 0 aromatic heterocycles. The molecule has 0 spiro atoms. The average molecular weight is 350 g/mol. The van der Waals surface area contributed by atoms with Crippen molar-refractivity contribution in [1.29, 1.82) is 0 Å². The van der Waals surface area contributed by atoms with Gasteiger partial charge in [-0.3, -0.25) is 9.59 Å². The van der Waals surface area contributed by atoms with Crippen LogP contribution >= 0.6 is 0 Å². The minimum absolute atomic E-state index is 0.0266. The van der Waals surface area contributed by atoms with E-state index in [0.717, 1.165) is 12.8 Å². The maximum absolute atomic E-state index is 13.0. The summed E-state index contributed by atoms with van der Waals surface area (Å²) in [7, 11) is 0. The Hall–Kier alpha value is -1.95. The molecule has 1 saturated heterocycles. The first-order chi connectivity index (χ1) is 11.7. The molecule has 2 rings (SSSR count). The van der Waals surface area contributed by atoms with Gasteiger partial charge in [-0.1, -0.05) is 0 Å². The van der Waals surface area contributed by atoms with Crippen LogP contribution in [0.1, 0.15) is 44.0 Å². The first kappa shape index (κ1) is 19.4. The molecule has 138 valence electrons. The molecule has 5 nitrogen and oxygen atoms in total. The molecule has 1 atom stereocenters. The van der Waals surface area contributed by atoms with Crippen LogP contribution in [-0.4, -0.2) is 58.5 Å². The number of likely N-dealkylation sites (N-methyl/N-ethyl adjacent to an activating group) is 1. The maximum atomic E-state index is 13.0. The van der Waals surface area contributed by atoms with Gasteiger partial charge in [0, 0.05) is 31.7 Å². The third-order valence-electron chi connectivity index (χ3n) is 4.42. The molecule has 1 aliphatic rings. The number of benzene rings is 1. The Kier molecular flexibility index (Phi) is 6.16. The summed E-state index contributed by atoms with van der Waals surface area (Å²) >= 11 is 0. The Labute approximate surface area is 148 Å². The Morgan fingerprint density at radius 1 is 1.32 bits per heavy atom. The second kappa shape index (κ2) is 7.95. The van der Waals surface area contributed by atoms with Gasteiger partial charge in [-0.25, -0.2) is 4.39 Å². The molecule has 1 N–H and O–H groups in total. The van der Waals surface area contributed by atoms with E-state index in [1.807, 2.05) is 6.92 Å². The van der Waals surface area contributed by atoms with E-state index in [-0.39, 0.29) is 30.1 Å². The molecule has 1 fully saturated rings. The molecule has 1 heterocycles. The predicted octanol–water partition coefficient (Wildman–Crippen LogP) is 2.30. The third kappa shape index (κ3) is 5.26. The summed E-state index contributed by atoms with van der Waals surface area (Å²) in [4.78, 5) is 28.7. The van der Waals surface area contributed by atoms with Gasteiger partial charge in [0.2, 0.25) is 5.91 Å². The highest BCUT2D eigenvalue weighted by atomic mass is 19.1. The molecular formula is C19H27FN2O3. The molecule has 1 aromatic carbocycles. The zero-order valence-corrected chi connectivity index (χ0v) is 15.2. The summed E-state index contributed by atoms with van der Waals surface area (Å²) in [6.07, 6.45) is 1.48. The maximum Gasteiger partial charge on any atom is 0.253 e. The van der Waals surface area contributed by atoms with Crippen LogP contribution in [0.25, 0.3) is 0 Å². The van der Waals surface area contributed by atoms with Crippen LogP contribution in [0, 0.1) is 11.7 Å². The number of aliphatic hydroxyl groups is 1. The van der Waals surface area contributed by atoms with E-state index in [4.69, 9.17) is 0 Å². The molecule has 0 radical (unpaired) electrons. The van der Waals surface area contributed by atoms with Crippen molar-refractivity contribution >= 4 is 11.8 Å². The standard InChI is InChI=1S/C19H27FN2O3/c1-4-21(13-19(2,3)25)18(24)15-6-5-11-22(12-15)17(23)14-7-9-16(20)10-8-14/h7-10,15,25H,4-6,11-13H2,1-3H3. The number of rotatable bonds is 5.